The van der Waals surface area contributed by atoms with Crippen LogP contribution in [0, 0.1) is 20.8 Å². The van der Waals surface area contributed by atoms with Gasteiger partial charge >= 0.3 is 0 Å². The zero-order chi connectivity index (χ0) is 17.1. The number of fused-ring (bicyclic) bond motifs is 1. The Morgan fingerprint density at radius 3 is 2.39 bits per heavy atom. The van der Waals surface area contributed by atoms with Crippen molar-refractivity contribution in [3.8, 4) is 11.4 Å². The van der Waals surface area contributed by atoms with E-state index in [0.717, 1.165) is 35.1 Å². The fraction of sp³-hybridized carbons (Fsp3) is 0.375. The van der Waals surface area contributed by atoms with Crippen molar-refractivity contribution in [2.24, 2.45) is 7.05 Å². The maximum absolute atomic E-state index is 13.9. The molecule has 0 saturated carbocycles. The van der Waals surface area contributed by atoms with E-state index in [4.69, 9.17) is 0 Å². The van der Waals surface area contributed by atoms with E-state index >= 15 is 0 Å². The second kappa shape index (κ2) is 5.12. The van der Waals surface area contributed by atoms with Crippen LogP contribution in [0.4, 0.5) is 8.78 Å². The van der Waals surface area contributed by atoms with Crippen molar-refractivity contribution in [1.29, 1.82) is 0 Å². The molecule has 0 radical (unpaired) electrons. The predicted octanol–water partition coefficient (Wildman–Crippen LogP) is 4.53. The van der Waals surface area contributed by atoms with Crippen molar-refractivity contribution >= 4 is 21.6 Å². The molecule has 3 aromatic rings. The van der Waals surface area contributed by atoms with Gasteiger partial charge in [0.25, 0.3) is 5.92 Å². The van der Waals surface area contributed by atoms with Crippen LogP contribution in [0.15, 0.2) is 16.7 Å². The molecule has 0 spiro atoms. The number of nitrogens with zero attached hydrogens (tertiary/aromatic N) is 4. The highest BCUT2D eigenvalue weighted by molar-refractivity contribution is 9.10. The minimum atomic E-state index is -2.98. The van der Waals surface area contributed by atoms with Crippen LogP contribution in [0.2, 0.25) is 0 Å². The van der Waals surface area contributed by atoms with Gasteiger partial charge in [0.2, 0.25) is 0 Å². The molecule has 0 aliphatic carbocycles. The van der Waals surface area contributed by atoms with Crippen molar-refractivity contribution < 1.29 is 8.78 Å². The predicted molar refractivity (Wildman–Crippen MR) is 88.9 cm³/mol. The minimum absolute atomic E-state index is 0.141. The van der Waals surface area contributed by atoms with Gasteiger partial charge in [-0.1, -0.05) is 6.07 Å². The Morgan fingerprint density at radius 1 is 1.17 bits per heavy atom. The molecule has 0 aliphatic heterocycles. The number of pyridine rings is 1. The first-order valence-electron chi connectivity index (χ1n) is 7.18. The fourth-order valence-electron chi connectivity index (χ4n) is 3.02. The molecule has 0 atom stereocenters. The van der Waals surface area contributed by atoms with Gasteiger partial charge in [0.1, 0.15) is 17.0 Å². The molecule has 0 saturated heterocycles. The third-order valence-corrected chi connectivity index (χ3v) is 4.61. The lowest BCUT2D eigenvalue weighted by Gasteiger charge is -2.11. The largest absolute Gasteiger partial charge is 0.297 e. The normalized spacial score (nSPS) is 12.3. The van der Waals surface area contributed by atoms with Crippen molar-refractivity contribution in [1.82, 2.24) is 19.2 Å². The van der Waals surface area contributed by atoms with Crippen LogP contribution in [0.3, 0.4) is 0 Å². The molecule has 0 unspecified atom stereocenters. The number of alkyl halides is 2. The molecular weight excluding hydrogens is 366 g/mol. The quantitative estimate of drug-likeness (QED) is 0.652. The first-order chi connectivity index (χ1) is 10.6. The van der Waals surface area contributed by atoms with Crippen LogP contribution in [-0.2, 0) is 13.0 Å². The smallest absolute Gasteiger partial charge is 0.287 e. The number of hydrogen-bond acceptors (Lipinski definition) is 2. The number of aromatic nitrogens is 4. The first-order valence-corrected chi connectivity index (χ1v) is 7.97. The van der Waals surface area contributed by atoms with E-state index in [9.17, 15) is 8.78 Å². The molecule has 0 aromatic carbocycles. The number of halogens is 3. The molecule has 7 heteroatoms. The van der Waals surface area contributed by atoms with Gasteiger partial charge in [-0.25, -0.2) is 4.98 Å². The summed E-state index contributed by atoms with van der Waals surface area (Å²) in [7, 11) is 1.53. The summed E-state index contributed by atoms with van der Waals surface area (Å²) >= 11 is 3.32. The monoisotopic (exact) mass is 382 g/mol. The lowest BCUT2D eigenvalue weighted by molar-refractivity contribution is 0.00806. The highest BCUT2D eigenvalue weighted by atomic mass is 79.9. The first kappa shape index (κ1) is 16.1. The summed E-state index contributed by atoms with van der Waals surface area (Å²) in [5, 5.41) is 4.34. The van der Waals surface area contributed by atoms with Gasteiger partial charge in [-0.3, -0.25) is 9.08 Å². The molecule has 0 aliphatic rings. The molecule has 122 valence electrons. The summed E-state index contributed by atoms with van der Waals surface area (Å²) in [5.41, 5.74) is 4.79. The Morgan fingerprint density at radius 2 is 1.83 bits per heavy atom. The number of hydrogen-bond donors (Lipinski definition) is 0. The molecule has 4 nitrogen and oxygen atoms in total. The molecule has 0 bridgehead atoms. The third kappa shape index (κ3) is 2.47. The molecular formula is C16H17BrF2N4. The molecule has 0 N–H and O–H groups in total. The van der Waals surface area contributed by atoms with E-state index in [1.807, 2.05) is 37.4 Å². The zero-order valence-electron chi connectivity index (χ0n) is 13.6. The Hall–Kier alpha value is -1.76. The highest BCUT2D eigenvalue weighted by Crippen LogP contribution is 2.39. The molecule has 0 fully saturated rings. The van der Waals surface area contributed by atoms with E-state index < -0.39 is 5.92 Å². The number of rotatable bonds is 2. The Labute approximate surface area is 141 Å². The minimum Gasteiger partial charge on any atom is -0.297 e. The SMILES string of the molecule is Cc1cn2c(-c3nn(C)c(C(C)(F)F)c3Br)c(C)cc(C)c2n1. The Kier molecular flexibility index (Phi) is 3.59. The molecule has 3 rings (SSSR count). The lowest BCUT2D eigenvalue weighted by atomic mass is 10.1. The lowest BCUT2D eigenvalue weighted by Crippen LogP contribution is -2.13. The number of aryl methyl sites for hydroxylation is 4. The molecule has 0 amide bonds. The average Bonchev–Trinajstić information content (AvgIpc) is 2.90. The van der Waals surface area contributed by atoms with Crippen molar-refractivity contribution in [2.45, 2.75) is 33.6 Å². The van der Waals surface area contributed by atoms with Crippen molar-refractivity contribution in [2.75, 3.05) is 0 Å². The van der Waals surface area contributed by atoms with E-state index in [1.54, 1.807) is 0 Å². The second-order valence-corrected chi connectivity index (χ2v) is 6.75. The van der Waals surface area contributed by atoms with Gasteiger partial charge in [-0.05, 0) is 47.8 Å². The van der Waals surface area contributed by atoms with E-state index in [0.29, 0.717) is 10.2 Å². The van der Waals surface area contributed by atoms with Crippen LogP contribution in [0.5, 0.6) is 0 Å². The second-order valence-electron chi connectivity index (χ2n) is 5.96. The molecule has 3 heterocycles. The summed E-state index contributed by atoms with van der Waals surface area (Å²) in [4.78, 5) is 4.51. The van der Waals surface area contributed by atoms with Crippen LogP contribution >= 0.6 is 15.9 Å². The summed E-state index contributed by atoms with van der Waals surface area (Å²) in [5.74, 6) is -2.98. The maximum Gasteiger partial charge on any atom is 0.287 e. The van der Waals surface area contributed by atoms with Gasteiger partial charge in [-0.15, -0.1) is 0 Å². The molecule has 3 aromatic heterocycles. The molecule has 23 heavy (non-hydrogen) atoms. The Balaban J connectivity index is 2.39. The summed E-state index contributed by atoms with van der Waals surface area (Å²) in [6.07, 6.45) is 1.90. The van der Waals surface area contributed by atoms with Gasteiger partial charge in [0.05, 0.1) is 15.9 Å². The Bertz CT molecular complexity index is 919. The maximum atomic E-state index is 13.9. The van der Waals surface area contributed by atoms with Crippen molar-refractivity contribution in [3.63, 3.8) is 0 Å². The fourth-order valence-corrected chi connectivity index (χ4v) is 3.89. The van der Waals surface area contributed by atoms with Crippen molar-refractivity contribution in [3.05, 3.63) is 39.3 Å². The standard InChI is InChI=1S/C16H17BrF2N4/c1-8-6-9(2)15-20-10(3)7-23(15)13(8)12-11(17)14(16(4,18)19)22(5)21-12/h6-7H,1-5H3. The average molecular weight is 383 g/mol. The van der Waals surface area contributed by atoms with Crippen LogP contribution in [-0.4, -0.2) is 19.2 Å². The van der Waals surface area contributed by atoms with E-state index in [2.05, 4.69) is 26.0 Å². The van der Waals surface area contributed by atoms with Gasteiger partial charge in [0, 0.05) is 20.2 Å². The van der Waals surface area contributed by atoms with Crippen LogP contribution in [0.1, 0.15) is 29.4 Å². The third-order valence-electron chi connectivity index (χ3n) is 3.86. The van der Waals surface area contributed by atoms with Crippen LogP contribution in [0.25, 0.3) is 17.0 Å². The zero-order valence-corrected chi connectivity index (χ0v) is 15.2. The summed E-state index contributed by atoms with van der Waals surface area (Å²) in [6.45, 7) is 6.71. The number of imidazole rings is 1. The van der Waals surface area contributed by atoms with Gasteiger partial charge < -0.3 is 0 Å². The highest BCUT2D eigenvalue weighted by Gasteiger charge is 2.34. The van der Waals surface area contributed by atoms with Crippen LogP contribution < -0.4 is 0 Å². The topological polar surface area (TPSA) is 35.1 Å². The summed E-state index contributed by atoms with van der Waals surface area (Å²) < 4.78 is 31.2. The van der Waals surface area contributed by atoms with E-state index in [-0.39, 0.29) is 5.69 Å². The summed E-state index contributed by atoms with van der Waals surface area (Å²) in [6, 6.07) is 2.00. The van der Waals surface area contributed by atoms with Gasteiger partial charge in [0.15, 0.2) is 0 Å². The van der Waals surface area contributed by atoms with Gasteiger partial charge in [-0.2, -0.15) is 13.9 Å². The van der Waals surface area contributed by atoms with E-state index in [1.165, 1.54) is 11.7 Å².